The molecule has 0 spiro atoms. The maximum absolute atomic E-state index is 12.5. The summed E-state index contributed by atoms with van der Waals surface area (Å²) in [5.74, 6) is 1.59. The van der Waals surface area contributed by atoms with Gasteiger partial charge in [0.2, 0.25) is 0 Å². The fraction of sp³-hybridized carbons (Fsp3) is 0.409. The number of phenols is 1. The van der Waals surface area contributed by atoms with Crippen LogP contribution in [0.25, 0.3) is 0 Å². The SMILES string of the molecule is COc1ccc(C[C@@H]2C[C@H]3CN(CC(=O)c4ccc(O)cc4)C[C@H]3NO2)cc1. The second-order valence-corrected chi connectivity index (χ2v) is 7.68. The number of carbonyl (C=O) groups is 1. The molecule has 148 valence electrons. The summed E-state index contributed by atoms with van der Waals surface area (Å²) in [5, 5.41) is 9.37. The number of hydroxylamine groups is 1. The van der Waals surface area contributed by atoms with Crippen molar-refractivity contribution in [2.24, 2.45) is 5.92 Å². The zero-order chi connectivity index (χ0) is 19.5. The van der Waals surface area contributed by atoms with Crippen LogP contribution >= 0.6 is 0 Å². The Hall–Kier alpha value is -2.41. The van der Waals surface area contributed by atoms with Gasteiger partial charge in [0.15, 0.2) is 5.78 Å². The molecule has 2 N–H and O–H groups in total. The van der Waals surface area contributed by atoms with E-state index in [0.717, 1.165) is 31.7 Å². The minimum absolute atomic E-state index is 0.0781. The third kappa shape index (κ3) is 4.35. The highest BCUT2D eigenvalue weighted by Gasteiger charge is 2.39. The van der Waals surface area contributed by atoms with Crippen LogP contribution in [-0.2, 0) is 11.3 Å². The Kier molecular flexibility index (Phi) is 5.62. The van der Waals surface area contributed by atoms with Crippen molar-refractivity contribution < 1.29 is 19.5 Å². The molecule has 6 nitrogen and oxygen atoms in total. The van der Waals surface area contributed by atoms with Crippen molar-refractivity contribution in [1.82, 2.24) is 10.4 Å². The molecule has 6 heteroatoms. The first-order valence-corrected chi connectivity index (χ1v) is 9.69. The van der Waals surface area contributed by atoms with Crippen LogP contribution in [0.1, 0.15) is 22.3 Å². The summed E-state index contributed by atoms with van der Waals surface area (Å²) in [4.78, 5) is 20.6. The molecule has 2 aromatic carbocycles. The van der Waals surface area contributed by atoms with E-state index in [-0.39, 0.29) is 23.7 Å². The molecule has 4 rings (SSSR count). The van der Waals surface area contributed by atoms with Crippen molar-refractivity contribution in [1.29, 1.82) is 0 Å². The molecule has 2 heterocycles. The summed E-state index contributed by atoms with van der Waals surface area (Å²) in [6, 6.07) is 14.8. The Balaban J connectivity index is 1.30. The predicted molar refractivity (Wildman–Crippen MR) is 105 cm³/mol. The zero-order valence-electron chi connectivity index (χ0n) is 16.0. The number of nitrogens with zero attached hydrogens (tertiary/aromatic N) is 1. The van der Waals surface area contributed by atoms with E-state index in [2.05, 4.69) is 22.5 Å². The average molecular weight is 382 g/mol. The summed E-state index contributed by atoms with van der Waals surface area (Å²) < 4.78 is 5.21. The molecule has 28 heavy (non-hydrogen) atoms. The number of fused-ring (bicyclic) bond motifs is 1. The molecule has 0 aromatic heterocycles. The van der Waals surface area contributed by atoms with Crippen molar-refractivity contribution in [3.8, 4) is 11.5 Å². The Bertz CT molecular complexity index is 806. The fourth-order valence-electron chi connectivity index (χ4n) is 4.12. The van der Waals surface area contributed by atoms with E-state index in [4.69, 9.17) is 9.57 Å². The van der Waals surface area contributed by atoms with Crippen LogP contribution in [0.4, 0.5) is 0 Å². The summed E-state index contributed by atoms with van der Waals surface area (Å²) in [7, 11) is 1.67. The molecule has 3 atom stereocenters. The van der Waals surface area contributed by atoms with Gasteiger partial charge < -0.3 is 9.84 Å². The molecule has 0 aliphatic carbocycles. The molecule has 2 saturated heterocycles. The van der Waals surface area contributed by atoms with Gasteiger partial charge in [0.1, 0.15) is 11.5 Å². The number of nitrogens with one attached hydrogen (secondary N) is 1. The molecule has 0 amide bonds. The first-order chi connectivity index (χ1) is 13.6. The zero-order valence-corrected chi connectivity index (χ0v) is 16.0. The van der Waals surface area contributed by atoms with Crippen LogP contribution in [0.3, 0.4) is 0 Å². The smallest absolute Gasteiger partial charge is 0.176 e. The van der Waals surface area contributed by atoms with Gasteiger partial charge in [-0.3, -0.25) is 14.5 Å². The van der Waals surface area contributed by atoms with E-state index in [1.807, 2.05) is 12.1 Å². The largest absolute Gasteiger partial charge is 0.508 e. The fourth-order valence-corrected chi connectivity index (χ4v) is 4.12. The molecule has 0 saturated carbocycles. The Morgan fingerprint density at radius 3 is 2.64 bits per heavy atom. The number of methoxy groups -OCH3 is 1. The van der Waals surface area contributed by atoms with Crippen molar-refractivity contribution in [3.63, 3.8) is 0 Å². The molecule has 0 unspecified atom stereocenters. The minimum atomic E-state index is 0.0781. The van der Waals surface area contributed by atoms with Gasteiger partial charge in [0.25, 0.3) is 0 Å². The lowest BCUT2D eigenvalue weighted by atomic mass is 9.92. The van der Waals surface area contributed by atoms with Gasteiger partial charge in [-0.25, -0.2) is 0 Å². The maximum atomic E-state index is 12.5. The Morgan fingerprint density at radius 2 is 1.93 bits per heavy atom. The highest BCUT2D eigenvalue weighted by Crippen LogP contribution is 2.28. The lowest BCUT2D eigenvalue weighted by Crippen LogP contribution is -2.46. The van der Waals surface area contributed by atoms with Crippen LogP contribution in [0.15, 0.2) is 48.5 Å². The lowest BCUT2D eigenvalue weighted by molar-refractivity contribution is -0.0909. The molecule has 2 aromatic rings. The van der Waals surface area contributed by atoms with Crippen molar-refractivity contribution in [2.75, 3.05) is 26.7 Å². The van der Waals surface area contributed by atoms with E-state index in [9.17, 15) is 9.90 Å². The predicted octanol–water partition coefficient (Wildman–Crippen LogP) is 2.42. The summed E-state index contributed by atoms with van der Waals surface area (Å²) >= 11 is 0. The van der Waals surface area contributed by atoms with Gasteiger partial charge >= 0.3 is 0 Å². The van der Waals surface area contributed by atoms with E-state index >= 15 is 0 Å². The topological polar surface area (TPSA) is 71.0 Å². The standard InChI is InChI=1S/C22H26N2O4/c1-27-19-8-2-15(3-9-19)10-20-11-17-12-24(13-21(17)23-28-20)14-22(26)16-4-6-18(25)7-5-16/h2-9,17,20-21,23,25H,10-14H2,1H3/t17-,20+,21+/m0/s1. The number of rotatable bonds is 6. The summed E-state index contributed by atoms with van der Waals surface area (Å²) in [6.07, 6.45) is 1.96. The molecule has 2 aliphatic rings. The van der Waals surface area contributed by atoms with Gasteiger partial charge in [0.05, 0.1) is 19.8 Å². The second kappa shape index (κ2) is 8.31. The van der Waals surface area contributed by atoms with E-state index < -0.39 is 0 Å². The minimum Gasteiger partial charge on any atom is -0.508 e. The van der Waals surface area contributed by atoms with Gasteiger partial charge in [-0.1, -0.05) is 12.1 Å². The first kappa shape index (κ1) is 18.9. The number of hydrogen-bond acceptors (Lipinski definition) is 6. The van der Waals surface area contributed by atoms with Crippen LogP contribution in [0.5, 0.6) is 11.5 Å². The van der Waals surface area contributed by atoms with Crippen LogP contribution in [0, 0.1) is 5.92 Å². The van der Waals surface area contributed by atoms with Crippen molar-refractivity contribution in [3.05, 3.63) is 59.7 Å². The number of ether oxygens (including phenoxy) is 1. The van der Waals surface area contributed by atoms with Crippen LogP contribution in [-0.4, -0.2) is 54.7 Å². The van der Waals surface area contributed by atoms with Crippen molar-refractivity contribution >= 4 is 5.78 Å². The van der Waals surface area contributed by atoms with E-state index in [1.165, 1.54) is 5.56 Å². The average Bonchev–Trinajstić information content (AvgIpc) is 3.10. The quantitative estimate of drug-likeness (QED) is 0.748. The highest BCUT2D eigenvalue weighted by molar-refractivity contribution is 5.97. The number of Topliss-reactive ketones (excluding diaryl/α,β-unsaturated/α-hetero) is 1. The molecular weight excluding hydrogens is 356 g/mol. The van der Waals surface area contributed by atoms with E-state index in [0.29, 0.717) is 18.0 Å². The summed E-state index contributed by atoms with van der Waals surface area (Å²) in [5.41, 5.74) is 5.07. The van der Waals surface area contributed by atoms with Crippen molar-refractivity contribution in [2.45, 2.75) is 25.0 Å². The number of phenolic OH excluding ortho intramolecular Hbond substituents is 1. The molecule has 0 bridgehead atoms. The number of aromatic hydroxyl groups is 1. The third-order valence-electron chi connectivity index (χ3n) is 5.65. The Morgan fingerprint density at radius 1 is 1.18 bits per heavy atom. The molecule has 2 fully saturated rings. The Labute approximate surface area is 165 Å². The number of hydrogen-bond donors (Lipinski definition) is 2. The van der Waals surface area contributed by atoms with Gasteiger partial charge in [-0.2, -0.15) is 5.48 Å². The number of benzene rings is 2. The molecule has 2 aliphatic heterocycles. The number of carbonyl (C=O) groups excluding carboxylic acids is 1. The lowest BCUT2D eigenvalue weighted by Gasteiger charge is -2.31. The van der Waals surface area contributed by atoms with E-state index in [1.54, 1.807) is 31.4 Å². The number of likely N-dealkylation sites (tertiary alicyclic amines) is 1. The first-order valence-electron chi connectivity index (χ1n) is 9.69. The highest BCUT2D eigenvalue weighted by atomic mass is 16.7. The van der Waals surface area contributed by atoms with Gasteiger partial charge in [-0.05, 0) is 54.3 Å². The second-order valence-electron chi connectivity index (χ2n) is 7.68. The van der Waals surface area contributed by atoms with Gasteiger partial charge in [-0.15, -0.1) is 0 Å². The van der Waals surface area contributed by atoms with Gasteiger partial charge in [0, 0.05) is 31.1 Å². The third-order valence-corrected chi connectivity index (χ3v) is 5.65. The number of ketones is 1. The molecule has 0 radical (unpaired) electrons. The summed E-state index contributed by atoms with van der Waals surface area (Å²) in [6.45, 7) is 2.09. The van der Waals surface area contributed by atoms with Crippen LogP contribution in [0.2, 0.25) is 0 Å². The molecular formula is C22H26N2O4. The maximum Gasteiger partial charge on any atom is 0.176 e. The normalized spacial score (nSPS) is 24.7. The monoisotopic (exact) mass is 382 g/mol. The van der Waals surface area contributed by atoms with Crippen LogP contribution < -0.4 is 10.2 Å².